The van der Waals surface area contributed by atoms with Crippen molar-refractivity contribution in [2.45, 2.75) is 25.3 Å². The van der Waals surface area contributed by atoms with Crippen LogP contribution in [0.5, 0.6) is 11.5 Å². The van der Waals surface area contributed by atoms with Gasteiger partial charge in [-0.1, -0.05) is 85.0 Å². The average Bonchev–Trinajstić information content (AvgIpc) is 2.99. The fourth-order valence-electron chi connectivity index (χ4n) is 5.14. The monoisotopic (exact) mass is 540 g/mol. The molecule has 0 amide bonds. The number of ether oxygens (including phenoxy) is 2. The molecule has 0 saturated carbocycles. The average molecular weight is 541 g/mol. The number of piperazine rings is 1. The summed E-state index contributed by atoms with van der Waals surface area (Å²) < 4.78 is 11.5. The summed E-state index contributed by atoms with van der Waals surface area (Å²) in [6.45, 7) is 6.09. The van der Waals surface area contributed by atoms with Gasteiger partial charge in [0.05, 0.1) is 19.8 Å². The molecule has 0 unspecified atom stereocenters. The minimum Gasteiger partial charge on any atom is -0.493 e. The summed E-state index contributed by atoms with van der Waals surface area (Å²) in [5.74, 6) is 0.430. The Bertz CT molecular complexity index is 1200. The van der Waals surface area contributed by atoms with Crippen LogP contribution in [0.25, 0.3) is 6.08 Å². The molecule has 0 aromatic heterocycles. The standard InChI is InChI=1S/C34H40N2O4/c1-39-32-27-28(13-9-10-18-33(37)38)19-20-31(32)40-26-12-4-11-21-35-22-24-36(25-23-35)34(29-14-5-2-6-15-29)30-16-7-3-8-17-30/h2-3,5-10,13-20,27,34H,4,11-12,21-26H2,1H3,(H,37,38)/b13-9+,18-10+. The highest BCUT2D eigenvalue weighted by molar-refractivity contribution is 5.80. The molecule has 0 radical (unpaired) electrons. The Labute approximate surface area is 238 Å². The third kappa shape index (κ3) is 8.83. The largest absolute Gasteiger partial charge is 0.493 e. The Morgan fingerprint density at radius 1 is 0.850 bits per heavy atom. The van der Waals surface area contributed by atoms with E-state index in [1.54, 1.807) is 13.2 Å². The molecule has 1 N–H and O–H groups in total. The first kappa shape index (κ1) is 29.1. The van der Waals surface area contributed by atoms with Gasteiger partial charge < -0.3 is 19.5 Å². The second-order valence-electron chi connectivity index (χ2n) is 9.98. The number of hydrogen-bond acceptors (Lipinski definition) is 5. The third-order valence-electron chi connectivity index (χ3n) is 7.21. The smallest absolute Gasteiger partial charge is 0.328 e. The summed E-state index contributed by atoms with van der Waals surface area (Å²) in [4.78, 5) is 15.8. The third-order valence-corrected chi connectivity index (χ3v) is 7.21. The minimum atomic E-state index is -0.968. The highest BCUT2D eigenvalue weighted by Crippen LogP contribution is 2.30. The van der Waals surface area contributed by atoms with Crippen LogP contribution in [0, 0.1) is 0 Å². The Balaban J connectivity index is 1.17. The quantitative estimate of drug-likeness (QED) is 0.147. The van der Waals surface area contributed by atoms with Crippen molar-refractivity contribution < 1.29 is 19.4 Å². The van der Waals surface area contributed by atoms with Gasteiger partial charge in [-0.15, -0.1) is 0 Å². The van der Waals surface area contributed by atoms with Crippen LogP contribution in [-0.4, -0.2) is 67.3 Å². The Kier molecular flexibility index (Phi) is 11.4. The minimum absolute atomic E-state index is 0.303. The number of carboxylic acid groups (broad SMARTS) is 1. The maximum atomic E-state index is 10.6. The molecular weight excluding hydrogens is 500 g/mol. The van der Waals surface area contributed by atoms with Gasteiger partial charge >= 0.3 is 5.97 Å². The molecule has 1 aliphatic rings. The predicted octanol–water partition coefficient (Wildman–Crippen LogP) is 6.31. The molecule has 0 bridgehead atoms. The molecule has 6 nitrogen and oxygen atoms in total. The SMILES string of the molecule is COc1cc(/C=C/C=C/C(=O)O)ccc1OCCCCCN1CCN(C(c2ccccc2)c2ccccc2)CC1. The Morgan fingerprint density at radius 3 is 2.15 bits per heavy atom. The highest BCUT2D eigenvalue weighted by atomic mass is 16.5. The zero-order chi connectivity index (χ0) is 28.0. The summed E-state index contributed by atoms with van der Waals surface area (Å²) in [6.07, 6.45) is 9.38. The van der Waals surface area contributed by atoms with Gasteiger partial charge in [0, 0.05) is 32.3 Å². The lowest BCUT2D eigenvalue weighted by molar-refractivity contribution is -0.131. The summed E-state index contributed by atoms with van der Waals surface area (Å²) in [6, 6.07) is 27.7. The first-order valence-electron chi connectivity index (χ1n) is 14.1. The van der Waals surface area contributed by atoms with Crippen LogP contribution < -0.4 is 9.47 Å². The van der Waals surface area contributed by atoms with Gasteiger partial charge in [0.2, 0.25) is 0 Å². The maximum Gasteiger partial charge on any atom is 0.328 e. The molecule has 210 valence electrons. The fraction of sp³-hybridized carbons (Fsp3) is 0.324. The summed E-state index contributed by atoms with van der Waals surface area (Å²) in [7, 11) is 1.63. The van der Waals surface area contributed by atoms with Gasteiger partial charge in [-0.25, -0.2) is 4.79 Å². The molecule has 0 spiro atoms. The van der Waals surface area contributed by atoms with E-state index >= 15 is 0 Å². The molecule has 1 fully saturated rings. The highest BCUT2D eigenvalue weighted by Gasteiger charge is 2.26. The lowest BCUT2D eigenvalue weighted by Gasteiger charge is -2.39. The number of benzene rings is 3. The van der Waals surface area contributed by atoms with E-state index in [2.05, 4.69) is 70.5 Å². The van der Waals surface area contributed by atoms with Crippen molar-refractivity contribution in [2.75, 3.05) is 46.4 Å². The normalized spacial score (nSPS) is 14.8. The van der Waals surface area contributed by atoms with Gasteiger partial charge in [0.15, 0.2) is 11.5 Å². The van der Waals surface area contributed by atoms with Gasteiger partial charge in [0.25, 0.3) is 0 Å². The molecule has 0 aliphatic carbocycles. The van der Waals surface area contributed by atoms with E-state index in [-0.39, 0.29) is 0 Å². The number of allylic oxidation sites excluding steroid dienone is 2. The van der Waals surface area contributed by atoms with Crippen LogP contribution in [0.4, 0.5) is 0 Å². The molecule has 1 aliphatic heterocycles. The molecule has 3 aromatic rings. The van der Waals surface area contributed by atoms with Gasteiger partial charge in [-0.3, -0.25) is 4.90 Å². The summed E-state index contributed by atoms with van der Waals surface area (Å²) in [5, 5.41) is 8.67. The summed E-state index contributed by atoms with van der Waals surface area (Å²) >= 11 is 0. The number of carbonyl (C=O) groups is 1. The number of unbranched alkanes of at least 4 members (excludes halogenated alkanes) is 2. The van der Waals surface area contributed by atoms with E-state index in [0.29, 0.717) is 18.4 Å². The molecule has 3 aromatic carbocycles. The van der Waals surface area contributed by atoms with Crippen molar-refractivity contribution >= 4 is 12.0 Å². The molecule has 6 heteroatoms. The van der Waals surface area contributed by atoms with Crippen LogP contribution in [0.3, 0.4) is 0 Å². The van der Waals surface area contributed by atoms with E-state index in [1.165, 1.54) is 17.2 Å². The zero-order valence-electron chi connectivity index (χ0n) is 23.3. The molecule has 4 rings (SSSR count). The van der Waals surface area contributed by atoms with E-state index in [4.69, 9.17) is 14.6 Å². The van der Waals surface area contributed by atoms with Crippen molar-refractivity contribution in [2.24, 2.45) is 0 Å². The molecule has 40 heavy (non-hydrogen) atoms. The number of carboxylic acids is 1. The second kappa shape index (κ2) is 15.7. The van der Waals surface area contributed by atoms with Crippen molar-refractivity contribution in [1.82, 2.24) is 9.80 Å². The van der Waals surface area contributed by atoms with E-state index < -0.39 is 5.97 Å². The number of aliphatic carboxylic acids is 1. The zero-order valence-corrected chi connectivity index (χ0v) is 23.3. The van der Waals surface area contributed by atoms with Crippen molar-refractivity contribution in [1.29, 1.82) is 0 Å². The first-order chi connectivity index (χ1) is 19.6. The first-order valence-corrected chi connectivity index (χ1v) is 14.1. The molecule has 0 atom stereocenters. The fourth-order valence-corrected chi connectivity index (χ4v) is 5.14. The van der Waals surface area contributed by atoms with Gasteiger partial charge in [-0.05, 0) is 54.6 Å². The van der Waals surface area contributed by atoms with Crippen LogP contribution in [0.1, 0.15) is 42.0 Å². The maximum absolute atomic E-state index is 10.6. The molecule has 1 heterocycles. The van der Waals surface area contributed by atoms with E-state index in [1.807, 2.05) is 24.3 Å². The topological polar surface area (TPSA) is 62.2 Å². The number of hydrogen-bond donors (Lipinski definition) is 1. The van der Waals surface area contributed by atoms with Gasteiger partial charge in [0.1, 0.15) is 0 Å². The lowest BCUT2D eigenvalue weighted by atomic mass is 9.96. The van der Waals surface area contributed by atoms with Gasteiger partial charge in [-0.2, -0.15) is 0 Å². The van der Waals surface area contributed by atoms with Crippen LogP contribution in [0.2, 0.25) is 0 Å². The van der Waals surface area contributed by atoms with E-state index in [9.17, 15) is 4.79 Å². The van der Waals surface area contributed by atoms with Crippen LogP contribution in [-0.2, 0) is 4.79 Å². The molecule has 1 saturated heterocycles. The predicted molar refractivity (Wildman–Crippen MR) is 161 cm³/mol. The number of nitrogens with zero attached hydrogens (tertiary/aromatic N) is 2. The lowest BCUT2D eigenvalue weighted by Crippen LogP contribution is -2.48. The molecular formula is C34H40N2O4. The van der Waals surface area contributed by atoms with Crippen LogP contribution in [0.15, 0.2) is 97.1 Å². The Hall–Kier alpha value is -3.87. The number of methoxy groups -OCH3 is 1. The number of rotatable bonds is 14. The van der Waals surface area contributed by atoms with E-state index in [0.717, 1.165) is 69.4 Å². The second-order valence-corrected chi connectivity index (χ2v) is 9.98. The Morgan fingerprint density at radius 2 is 1.52 bits per heavy atom. The van der Waals surface area contributed by atoms with Crippen LogP contribution >= 0.6 is 0 Å². The van der Waals surface area contributed by atoms with Crippen molar-refractivity contribution in [3.05, 3.63) is 114 Å². The van der Waals surface area contributed by atoms with Crippen molar-refractivity contribution in [3.8, 4) is 11.5 Å². The summed E-state index contributed by atoms with van der Waals surface area (Å²) in [5.41, 5.74) is 3.63. The van der Waals surface area contributed by atoms with Crippen molar-refractivity contribution in [3.63, 3.8) is 0 Å².